The van der Waals surface area contributed by atoms with Gasteiger partial charge in [-0.25, -0.2) is 9.78 Å². The Labute approximate surface area is 149 Å². The van der Waals surface area contributed by atoms with Crippen LogP contribution in [0.1, 0.15) is 50.5 Å². The summed E-state index contributed by atoms with van der Waals surface area (Å²) in [4.78, 5) is 16.6. The fourth-order valence-electron chi connectivity index (χ4n) is 3.39. The average Bonchev–Trinajstić information content (AvgIpc) is 3.34. The molecule has 1 aliphatic rings. The van der Waals surface area contributed by atoms with Crippen LogP contribution in [0.5, 0.6) is 0 Å². The van der Waals surface area contributed by atoms with Crippen LogP contribution in [-0.2, 0) is 0 Å². The van der Waals surface area contributed by atoms with Crippen LogP contribution in [0, 0.1) is 0 Å². The lowest BCUT2D eigenvalue weighted by Crippen LogP contribution is -2.32. The lowest BCUT2D eigenvalue weighted by atomic mass is 10.2. The second kappa shape index (κ2) is 6.79. The van der Waals surface area contributed by atoms with E-state index >= 15 is 0 Å². The molecule has 130 valence electrons. The first-order valence-corrected chi connectivity index (χ1v) is 9.39. The third kappa shape index (κ3) is 3.34. The molecule has 3 aromatic rings. The molecule has 2 N–H and O–H groups in total. The van der Waals surface area contributed by atoms with Crippen molar-refractivity contribution in [2.45, 2.75) is 44.7 Å². The number of hydrogen-bond donors (Lipinski definition) is 2. The van der Waals surface area contributed by atoms with Gasteiger partial charge in [0.15, 0.2) is 5.82 Å². The van der Waals surface area contributed by atoms with E-state index in [-0.39, 0.29) is 12.1 Å². The van der Waals surface area contributed by atoms with Gasteiger partial charge in [0, 0.05) is 11.7 Å². The Balaban J connectivity index is 1.42. The Bertz CT molecular complexity index is 882. The lowest BCUT2D eigenvalue weighted by Gasteiger charge is -2.19. The molecule has 0 aliphatic heterocycles. The van der Waals surface area contributed by atoms with Crippen LogP contribution in [0.2, 0.25) is 0 Å². The first kappa shape index (κ1) is 16.0. The highest BCUT2D eigenvalue weighted by molar-refractivity contribution is 7.16. The molecule has 2 amide bonds. The van der Waals surface area contributed by atoms with Gasteiger partial charge in [0.25, 0.3) is 0 Å². The van der Waals surface area contributed by atoms with Crippen LogP contribution in [-0.4, -0.2) is 25.8 Å². The topological polar surface area (TPSA) is 84.7 Å². The predicted molar refractivity (Wildman–Crippen MR) is 97.7 cm³/mol. The Hall–Kier alpha value is -2.48. The highest BCUT2D eigenvalue weighted by atomic mass is 32.1. The molecule has 0 radical (unpaired) electrons. The van der Waals surface area contributed by atoms with Gasteiger partial charge in [-0.3, -0.25) is 0 Å². The molecule has 1 saturated carbocycles. The summed E-state index contributed by atoms with van der Waals surface area (Å²) in [6, 6.07) is 5.68. The van der Waals surface area contributed by atoms with E-state index in [1.54, 1.807) is 23.2 Å². The second-order valence-corrected chi connectivity index (χ2v) is 7.28. The minimum Gasteiger partial charge on any atom is -0.328 e. The number of benzene rings is 1. The molecule has 1 fully saturated rings. The number of carbonyl (C=O) groups is 1. The molecule has 2 heterocycles. The maximum Gasteiger partial charge on any atom is 0.319 e. The van der Waals surface area contributed by atoms with E-state index in [4.69, 9.17) is 0 Å². The summed E-state index contributed by atoms with van der Waals surface area (Å²) in [6.07, 6.45) is 6.56. The number of urea groups is 1. The fourth-order valence-corrected chi connectivity index (χ4v) is 4.05. The third-order valence-electron chi connectivity index (χ3n) is 4.64. The number of fused-ring (bicyclic) bond motifs is 1. The molecule has 4 rings (SSSR count). The van der Waals surface area contributed by atoms with E-state index < -0.39 is 0 Å². The van der Waals surface area contributed by atoms with Crippen molar-refractivity contribution in [3.63, 3.8) is 0 Å². The minimum absolute atomic E-state index is 0.217. The summed E-state index contributed by atoms with van der Waals surface area (Å²) in [7, 11) is 0. The van der Waals surface area contributed by atoms with Crippen LogP contribution >= 0.6 is 11.3 Å². The molecule has 1 aliphatic carbocycles. The minimum atomic E-state index is -0.261. The van der Waals surface area contributed by atoms with Gasteiger partial charge in [0.2, 0.25) is 0 Å². The summed E-state index contributed by atoms with van der Waals surface area (Å²) in [5.74, 6) is 0.803. The zero-order valence-corrected chi connectivity index (χ0v) is 14.8. The van der Waals surface area contributed by atoms with E-state index in [0.29, 0.717) is 6.04 Å². The lowest BCUT2D eigenvalue weighted by molar-refractivity contribution is 0.248. The zero-order chi connectivity index (χ0) is 17.2. The molecule has 0 spiro atoms. The monoisotopic (exact) mass is 356 g/mol. The number of amides is 2. The molecular weight excluding hydrogens is 336 g/mol. The smallest absolute Gasteiger partial charge is 0.319 e. The van der Waals surface area contributed by atoms with Crippen molar-refractivity contribution in [2.24, 2.45) is 0 Å². The van der Waals surface area contributed by atoms with E-state index in [0.717, 1.165) is 34.6 Å². The van der Waals surface area contributed by atoms with Gasteiger partial charge < -0.3 is 15.2 Å². The maximum atomic E-state index is 12.3. The number of anilines is 1. The molecule has 7 nitrogen and oxygen atoms in total. The predicted octanol–water partition coefficient (Wildman–Crippen LogP) is 3.89. The van der Waals surface area contributed by atoms with Gasteiger partial charge in [-0.1, -0.05) is 12.8 Å². The Kier molecular flexibility index (Phi) is 4.35. The van der Waals surface area contributed by atoms with E-state index in [2.05, 4.69) is 30.4 Å². The van der Waals surface area contributed by atoms with Crippen LogP contribution in [0.4, 0.5) is 10.5 Å². The van der Waals surface area contributed by atoms with E-state index in [9.17, 15) is 4.79 Å². The van der Waals surface area contributed by atoms with Crippen molar-refractivity contribution >= 4 is 33.3 Å². The van der Waals surface area contributed by atoms with Crippen LogP contribution < -0.4 is 10.6 Å². The number of nitrogens with one attached hydrogen (secondary N) is 2. The molecule has 1 atom stereocenters. The number of aromatic nitrogens is 4. The van der Waals surface area contributed by atoms with E-state index in [1.807, 2.05) is 25.1 Å². The van der Waals surface area contributed by atoms with Gasteiger partial charge in [-0.15, -0.1) is 21.5 Å². The largest absolute Gasteiger partial charge is 0.328 e. The summed E-state index contributed by atoms with van der Waals surface area (Å²) in [5.41, 5.74) is 3.41. The number of hydrogen-bond acceptors (Lipinski definition) is 5. The first-order chi connectivity index (χ1) is 12.2. The second-order valence-electron chi connectivity index (χ2n) is 6.39. The summed E-state index contributed by atoms with van der Waals surface area (Å²) < 4.78 is 3.21. The number of carbonyl (C=O) groups excluding carboxylic acids is 1. The van der Waals surface area contributed by atoms with Gasteiger partial charge in [0.05, 0.1) is 21.8 Å². The van der Waals surface area contributed by atoms with E-state index in [1.165, 1.54) is 12.8 Å². The molecule has 1 aromatic carbocycles. The van der Waals surface area contributed by atoms with Crippen molar-refractivity contribution < 1.29 is 4.79 Å². The van der Waals surface area contributed by atoms with Crippen LogP contribution in [0.3, 0.4) is 0 Å². The van der Waals surface area contributed by atoms with Crippen molar-refractivity contribution in [3.05, 3.63) is 35.9 Å². The number of thiazole rings is 1. The highest BCUT2D eigenvalue weighted by Gasteiger charge is 2.23. The molecular formula is C17H20N6OS. The molecule has 8 heteroatoms. The summed E-state index contributed by atoms with van der Waals surface area (Å²) >= 11 is 1.58. The van der Waals surface area contributed by atoms with Crippen molar-refractivity contribution in [1.82, 2.24) is 25.1 Å². The molecule has 0 bridgehead atoms. The van der Waals surface area contributed by atoms with Crippen molar-refractivity contribution in [2.75, 3.05) is 5.32 Å². The first-order valence-electron chi connectivity index (χ1n) is 8.51. The molecule has 2 aromatic heterocycles. The standard InChI is InChI=1S/C17H20N6OS/c1-11(16-22-19-9-23(16)13-4-2-3-5-13)20-17(24)21-12-6-7-15-14(8-12)18-10-25-15/h6-11,13H,2-5H2,1H3,(H2,20,21,24)/t11-/m1/s1. The third-order valence-corrected chi connectivity index (χ3v) is 5.45. The van der Waals surface area contributed by atoms with Gasteiger partial charge >= 0.3 is 6.03 Å². The number of rotatable bonds is 4. The zero-order valence-electron chi connectivity index (χ0n) is 14.0. The Morgan fingerprint density at radius 3 is 3.04 bits per heavy atom. The van der Waals surface area contributed by atoms with Gasteiger partial charge in [0.1, 0.15) is 6.33 Å². The Morgan fingerprint density at radius 2 is 2.20 bits per heavy atom. The Morgan fingerprint density at radius 1 is 1.36 bits per heavy atom. The van der Waals surface area contributed by atoms with Gasteiger partial charge in [-0.2, -0.15) is 0 Å². The van der Waals surface area contributed by atoms with Crippen LogP contribution in [0.15, 0.2) is 30.0 Å². The highest BCUT2D eigenvalue weighted by Crippen LogP contribution is 2.31. The average molecular weight is 356 g/mol. The SMILES string of the molecule is C[C@@H](NC(=O)Nc1ccc2scnc2c1)c1nncn1C1CCCC1. The summed E-state index contributed by atoms with van der Waals surface area (Å²) in [6.45, 7) is 1.93. The van der Waals surface area contributed by atoms with Crippen molar-refractivity contribution in [3.8, 4) is 0 Å². The quantitative estimate of drug-likeness (QED) is 0.743. The van der Waals surface area contributed by atoms with Crippen LogP contribution in [0.25, 0.3) is 10.2 Å². The maximum absolute atomic E-state index is 12.3. The summed E-state index contributed by atoms with van der Waals surface area (Å²) in [5, 5.41) is 14.1. The van der Waals surface area contributed by atoms with Gasteiger partial charge in [-0.05, 0) is 38.0 Å². The number of nitrogens with zero attached hydrogens (tertiary/aromatic N) is 4. The van der Waals surface area contributed by atoms with Crippen molar-refractivity contribution in [1.29, 1.82) is 0 Å². The molecule has 0 unspecified atom stereocenters. The normalized spacial score (nSPS) is 16.2. The molecule has 25 heavy (non-hydrogen) atoms. The fraction of sp³-hybridized carbons (Fsp3) is 0.412. The molecule has 0 saturated heterocycles.